The van der Waals surface area contributed by atoms with E-state index in [-0.39, 0.29) is 5.91 Å². The van der Waals surface area contributed by atoms with E-state index in [1.54, 1.807) is 18.2 Å². The molecule has 4 nitrogen and oxygen atoms in total. The number of aromatic nitrogens is 2. The van der Waals surface area contributed by atoms with Crippen molar-refractivity contribution in [1.29, 1.82) is 0 Å². The van der Waals surface area contributed by atoms with Crippen LogP contribution < -0.4 is 5.32 Å². The zero-order valence-electron chi connectivity index (χ0n) is 15.6. The molecule has 146 valence electrons. The number of para-hydroxylation sites is 2. The summed E-state index contributed by atoms with van der Waals surface area (Å²) in [5, 5.41) is 4.04. The van der Waals surface area contributed by atoms with Crippen molar-refractivity contribution < 1.29 is 4.79 Å². The molecule has 1 heterocycles. The molecule has 0 unspecified atom stereocenters. The lowest BCUT2D eigenvalue weighted by molar-refractivity contribution is 0.0954. The van der Waals surface area contributed by atoms with Crippen molar-refractivity contribution in [3.05, 3.63) is 99.8 Å². The number of fused-ring (bicyclic) bond motifs is 1. The standard InChI is InChI=1S/C23H19Cl2N3O/c24-18-11-10-16(14-19(18)25)15-28-21-9-5-4-8-20(21)27-22(28)12-13-26-23(29)17-6-2-1-3-7-17/h1-11,14H,12-13,15H2,(H,26,29). The number of nitrogens with zero attached hydrogens (tertiary/aromatic N) is 2. The Kier molecular flexibility index (Phi) is 5.84. The van der Waals surface area contributed by atoms with Crippen LogP contribution in [-0.2, 0) is 13.0 Å². The van der Waals surface area contributed by atoms with Gasteiger partial charge in [-0.25, -0.2) is 4.98 Å². The van der Waals surface area contributed by atoms with Gasteiger partial charge in [0.2, 0.25) is 0 Å². The minimum absolute atomic E-state index is 0.0854. The summed E-state index contributed by atoms with van der Waals surface area (Å²) < 4.78 is 2.16. The van der Waals surface area contributed by atoms with Crippen LogP contribution in [0.1, 0.15) is 21.7 Å². The predicted octanol–water partition coefficient (Wildman–Crippen LogP) is 5.36. The van der Waals surface area contributed by atoms with Gasteiger partial charge >= 0.3 is 0 Å². The van der Waals surface area contributed by atoms with Crippen molar-refractivity contribution in [3.8, 4) is 0 Å². The molecule has 0 saturated heterocycles. The Morgan fingerprint density at radius 2 is 1.69 bits per heavy atom. The third-order valence-electron chi connectivity index (χ3n) is 4.73. The lowest BCUT2D eigenvalue weighted by Gasteiger charge is -2.11. The van der Waals surface area contributed by atoms with Gasteiger partial charge in [-0.2, -0.15) is 0 Å². The number of hydrogen-bond donors (Lipinski definition) is 1. The molecule has 3 aromatic carbocycles. The zero-order chi connectivity index (χ0) is 20.2. The fraction of sp³-hybridized carbons (Fsp3) is 0.130. The van der Waals surface area contributed by atoms with Gasteiger partial charge in [-0.1, -0.05) is 59.6 Å². The van der Waals surface area contributed by atoms with Crippen LogP contribution in [0.25, 0.3) is 11.0 Å². The van der Waals surface area contributed by atoms with E-state index in [9.17, 15) is 4.79 Å². The first kappa shape index (κ1) is 19.5. The first-order chi connectivity index (χ1) is 14.1. The molecule has 4 rings (SSSR count). The van der Waals surface area contributed by atoms with Crippen LogP contribution in [0.3, 0.4) is 0 Å². The molecule has 0 saturated carbocycles. The first-order valence-electron chi connectivity index (χ1n) is 9.33. The number of benzene rings is 3. The van der Waals surface area contributed by atoms with Gasteiger partial charge in [-0.05, 0) is 42.0 Å². The predicted molar refractivity (Wildman–Crippen MR) is 118 cm³/mol. The Balaban J connectivity index is 1.54. The van der Waals surface area contributed by atoms with Crippen molar-refractivity contribution >= 4 is 40.1 Å². The molecule has 0 spiro atoms. The Bertz CT molecular complexity index is 1160. The second kappa shape index (κ2) is 8.68. The molecule has 0 fully saturated rings. The van der Waals surface area contributed by atoms with Gasteiger partial charge in [0, 0.05) is 25.1 Å². The highest BCUT2D eigenvalue weighted by Gasteiger charge is 2.12. The van der Waals surface area contributed by atoms with Crippen molar-refractivity contribution in [2.75, 3.05) is 6.54 Å². The highest BCUT2D eigenvalue weighted by Crippen LogP contribution is 2.24. The van der Waals surface area contributed by atoms with E-state index < -0.39 is 0 Å². The van der Waals surface area contributed by atoms with Crippen LogP contribution in [0.2, 0.25) is 10.0 Å². The maximum Gasteiger partial charge on any atom is 0.251 e. The number of nitrogens with one attached hydrogen (secondary N) is 1. The van der Waals surface area contributed by atoms with E-state index in [2.05, 4.69) is 9.88 Å². The van der Waals surface area contributed by atoms with Crippen LogP contribution in [0, 0.1) is 0 Å². The van der Waals surface area contributed by atoms with Gasteiger partial charge in [0.05, 0.1) is 21.1 Å². The summed E-state index contributed by atoms with van der Waals surface area (Å²) in [5.41, 5.74) is 3.66. The number of hydrogen-bond acceptors (Lipinski definition) is 2. The van der Waals surface area contributed by atoms with Gasteiger partial charge < -0.3 is 9.88 Å². The van der Waals surface area contributed by atoms with Gasteiger partial charge in [0.25, 0.3) is 5.91 Å². The molecule has 1 N–H and O–H groups in total. The fourth-order valence-corrected chi connectivity index (χ4v) is 3.61. The van der Waals surface area contributed by atoms with Crippen LogP contribution in [0.15, 0.2) is 72.8 Å². The van der Waals surface area contributed by atoms with Gasteiger partial charge in [-0.15, -0.1) is 0 Å². The molecule has 0 aliphatic rings. The highest BCUT2D eigenvalue weighted by atomic mass is 35.5. The summed E-state index contributed by atoms with van der Waals surface area (Å²) in [7, 11) is 0. The molecule has 29 heavy (non-hydrogen) atoms. The average Bonchev–Trinajstić information content (AvgIpc) is 3.08. The minimum Gasteiger partial charge on any atom is -0.352 e. The summed E-state index contributed by atoms with van der Waals surface area (Å²) in [5.74, 6) is 0.823. The number of amides is 1. The Labute approximate surface area is 179 Å². The number of imidazole rings is 1. The average molecular weight is 424 g/mol. The molecule has 1 amide bonds. The largest absolute Gasteiger partial charge is 0.352 e. The summed E-state index contributed by atoms with van der Waals surface area (Å²) >= 11 is 12.2. The third-order valence-corrected chi connectivity index (χ3v) is 5.47. The van der Waals surface area contributed by atoms with E-state index in [0.717, 1.165) is 22.4 Å². The van der Waals surface area contributed by atoms with E-state index in [1.807, 2.05) is 54.6 Å². The van der Waals surface area contributed by atoms with Crippen molar-refractivity contribution in [2.24, 2.45) is 0 Å². The molecule has 0 radical (unpaired) electrons. The number of carbonyl (C=O) groups is 1. The smallest absolute Gasteiger partial charge is 0.251 e. The Morgan fingerprint density at radius 3 is 2.48 bits per heavy atom. The molecular weight excluding hydrogens is 405 g/mol. The normalized spacial score (nSPS) is 11.0. The lowest BCUT2D eigenvalue weighted by atomic mass is 10.2. The Hall–Kier alpha value is -2.82. The monoisotopic (exact) mass is 423 g/mol. The zero-order valence-corrected chi connectivity index (χ0v) is 17.1. The fourth-order valence-electron chi connectivity index (χ4n) is 3.29. The van der Waals surface area contributed by atoms with E-state index >= 15 is 0 Å². The Morgan fingerprint density at radius 1 is 0.931 bits per heavy atom. The van der Waals surface area contributed by atoms with E-state index in [4.69, 9.17) is 28.2 Å². The van der Waals surface area contributed by atoms with Crippen LogP contribution in [-0.4, -0.2) is 22.0 Å². The summed E-state index contributed by atoms with van der Waals surface area (Å²) in [6.07, 6.45) is 0.620. The second-order valence-electron chi connectivity index (χ2n) is 6.72. The molecule has 0 aliphatic heterocycles. The van der Waals surface area contributed by atoms with Gasteiger partial charge in [-0.3, -0.25) is 4.79 Å². The molecule has 0 aliphatic carbocycles. The SMILES string of the molecule is O=C(NCCc1nc2ccccc2n1Cc1ccc(Cl)c(Cl)c1)c1ccccc1. The maximum absolute atomic E-state index is 12.3. The third kappa shape index (κ3) is 4.44. The first-order valence-corrected chi connectivity index (χ1v) is 10.1. The highest BCUT2D eigenvalue weighted by molar-refractivity contribution is 6.42. The molecule has 0 bridgehead atoms. The van der Waals surface area contributed by atoms with E-state index in [0.29, 0.717) is 35.1 Å². The van der Waals surface area contributed by atoms with Crippen LogP contribution in [0.4, 0.5) is 0 Å². The van der Waals surface area contributed by atoms with E-state index in [1.165, 1.54) is 0 Å². The number of rotatable bonds is 6. The van der Waals surface area contributed by atoms with Gasteiger partial charge in [0.1, 0.15) is 5.82 Å². The summed E-state index contributed by atoms with van der Waals surface area (Å²) in [4.78, 5) is 17.1. The quantitative estimate of drug-likeness (QED) is 0.453. The number of halogens is 2. The van der Waals surface area contributed by atoms with Crippen LogP contribution in [0.5, 0.6) is 0 Å². The van der Waals surface area contributed by atoms with Crippen molar-refractivity contribution in [3.63, 3.8) is 0 Å². The molecule has 4 aromatic rings. The maximum atomic E-state index is 12.3. The van der Waals surface area contributed by atoms with Crippen molar-refractivity contribution in [1.82, 2.24) is 14.9 Å². The molecule has 1 aromatic heterocycles. The van der Waals surface area contributed by atoms with Crippen LogP contribution >= 0.6 is 23.2 Å². The number of carbonyl (C=O) groups excluding carboxylic acids is 1. The molecule has 0 atom stereocenters. The minimum atomic E-state index is -0.0854. The van der Waals surface area contributed by atoms with Crippen molar-refractivity contribution in [2.45, 2.75) is 13.0 Å². The second-order valence-corrected chi connectivity index (χ2v) is 7.54. The molecule has 6 heteroatoms. The van der Waals surface area contributed by atoms with Gasteiger partial charge in [0.15, 0.2) is 0 Å². The summed E-state index contributed by atoms with van der Waals surface area (Å²) in [6.45, 7) is 1.12. The lowest BCUT2D eigenvalue weighted by Crippen LogP contribution is -2.26. The topological polar surface area (TPSA) is 46.9 Å². The molecular formula is C23H19Cl2N3O. The summed E-state index contributed by atoms with van der Waals surface area (Å²) in [6, 6.07) is 22.8.